The predicted molar refractivity (Wildman–Crippen MR) is 93.9 cm³/mol. The van der Waals surface area contributed by atoms with E-state index < -0.39 is 17.8 Å². The summed E-state index contributed by atoms with van der Waals surface area (Å²) >= 11 is 5.85. The second-order valence-electron chi connectivity index (χ2n) is 5.91. The topological polar surface area (TPSA) is 79.2 Å². The molecule has 2 aromatic rings. The summed E-state index contributed by atoms with van der Waals surface area (Å²) in [6, 6.07) is 8.38. The number of urea groups is 1. The minimum atomic E-state index is -4.60. The summed E-state index contributed by atoms with van der Waals surface area (Å²) in [7, 11) is 0. The molecule has 5 N–H and O–H groups in total. The first-order valence-corrected chi connectivity index (χ1v) is 8.20. The van der Waals surface area contributed by atoms with Gasteiger partial charge in [0.2, 0.25) is 0 Å². The number of rotatable bonds is 3. The molecular formula is C17H16ClF3N4O. The van der Waals surface area contributed by atoms with Crippen molar-refractivity contribution in [2.75, 3.05) is 10.7 Å². The van der Waals surface area contributed by atoms with Crippen LogP contribution in [0.2, 0.25) is 5.02 Å². The van der Waals surface area contributed by atoms with Gasteiger partial charge in [0.1, 0.15) is 0 Å². The number of hydrogen-bond acceptors (Lipinski definition) is 3. The SMILES string of the molecule is NNc1c(Cl)cc(C(F)(F)F)cc1NC(=O)NC1CCc2ccccc21. The van der Waals surface area contributed by atoms with E-state index in [0.29, 0.717) is 0 Å². The minimum Gasteiger partial charge on any atom is -0.331 e. The Morgan fingerprint density at radius 3 is 2.65 bits per heavy atom. The van der Waals surface area contributed by atoms with Crippen LogP contribution in [0.25, 0.3) is 0 Å². The van der Waals surface area contributed by atoms with Crippen LogP contribution in [0.3, 0.4) is 0 Å². The maximum atomic E-state index is 13.0. The molecule has 5 nitrogen and oxygen atoms in total. The molecule has 0 heterocycles. The number of nitrogen functional groups attached to an aromatic ring is 1. The van der Waals surface area contributed by atoms with Crippen molar-refractivity contribution in [3.05, 3.63) is 58.1 Å². The molecule has 9 heteroatoms. The van der Waals surface area contributed by atoms with Gasteiger partial charge >= 0.3 is 12.2 Å². The second-order valence-corrected chi connectivity index (χ2v) is 6.32. The molecule has 0 aromatic heterocycles. The monoisotopic (exact) mass is 384 g/mol. The van der Waals surface area contributed by atoms with Gasteiger partial charge in [0.05, 0.1) is 28.0 Å². The Kier molecular flexibility index (Phi) is 4.97. The maximum Gasteiger partial charge on any atom is 0.416 e. The summed E-state index contributed by atoms with van der Waals surface area (Å²) in [6.07, 6.45) is -3.06. The van der Waals surface area contributed by atoms with Crippen molar-refractivity contribution in [1.82, 2.24) is 5.32 Å². The standard InChI is InChI=1S/C17H16ClF3N4O/c18-12-7-10(17(19,20)21)8-14(15(12)25-22)24-16(26)23-13-6-5-9-3-1-2-4-11(9)13/h1-4,7-8,13,25H,5-6,22H2,(H2,23,24,26). The van der Waals surface area contributed by atoms with Gasteiger partial charge in [-0.3, -0.25) is 5.84 Å². The lowest BCUT2D eigenvalue weighted by molar-refractivity contribution is -0.137. The molecule has 26 heavy (non-hydrogen) atoms. The van der Waals surface area contributed by atoms with E-state index in [1.165, 1.54) is 0 Å². The molecule has 1 atom stereocenters. The third-order valence-corrected chi connectivity index (χ3v) is 4.55. The first-order valence-electron chi connectivity index (χ1n) is 7.82. The number of hydrazine groups is 1. The summed E-state index contributed by atoms with van der Waals surface area (Å²) in [4.78, 5) is 12.3. The third kappa shape index (κ3) is 3.71. The molecule has 3 rings (SSSR count). The molecule has 0 bridgehead atoms. The summed E-state index contributed by atoms with van der Waals surface area (Å²) < 4.78 is 38.9. The smallest absolute Gasteiger partial charge is 0.331 e. The number of nitrogens with two attached hydrogens (primary N) is 1. The highest BCUT2D eigenvalue weighted by molar-refractivity contribution is 6.34. The van der Waals surface area contributed by atoms with Crippen molar-refractivity contribution in [2.45, 2.75) is 25.1 Å². The lowest BCUT2D eigenvalue weighted by Crippen LogP contribution is -2.32. The normalized spacial score (nSPS) is 16.1. The lowest BCUT2D eigenvalue weighted by atomic mass is 10.1. The van der Waals surface area contributed by atoms with Crippen molar-refractivity contribution in [2.24, 2.45) is 5.84 Å². The van der Waals surface area contributed by atoms with E-state index in [1.54, 1.807) is 0 Å². The van der Waals surface area contributed by atoms with Crippen molar-refractivity contribution in [3.8, 4) is 0 Å². The Labute approximate surface area is 152 Å². The van der Waals surface area contributed by atoms with E-state index in [-0.39, 0.29) is 22.4 Å². The number of nitrogens with one attached hydrogen (secondary N) is 3. The zero-order valence-corrected chi connectivity index (χ0v) is 14.2. The van der Waals surface area contributed by atoms with Crippen LogP contribution in [0.1, 0.15) is 29.2 Å². The molecule has 0 aliphatic heterocycles. The van der Waals surface area contributed by atoms with E-state index in [4.69, 9.17) is 17.4 Å². The van der Waals surface area contributed by atoms with Crippen LogP contribution in [-0.4, -0.2) is 6.03 Å². The number of amides is 2. The molecule has 2 aromatic carbocycles. The van der Waals surface area contributed by atoms with E-state index in [2.05, 4.69) is 16.1 Å². The van der Waals surface area contributed by atoms with Crippen molar-refractivity contribution >= 4 is 29.0 Å². The highest BCUT2D eigenvalue weighted by Gasteiger charge is 2.32. The first-order chi connectivity index (χ1) is 12.3. The Hall–Kier alpha value is -2.45. The number of carbonyl (C=O) groups excluding carboxylic acids is 1. The van der Waals surface area contributed by atoms with Crippen LogP contribution in [0.15, 0.2) is 36.4 Å². The lowest BCUT2D eigenvalue weighted by Gasteiger charge is -2.18. The summed E-state index contributed by atoms with van der Waals surface area (Å²) in [5.41, 5.74) is 3.22. The van der Waals surface area contributed by atoms with Gasteiger partial charge in [0.15, 0.2) is 0 Å². The van der Waals surface area contributed by atoms with Crippen molar-refractivity contribution < 1.29 is 18.0 Å². The van der Waals surface area contributed by atoms with Crippen molar-refractivity contribution in [1.29, 1.82) is 0 Å². The van der Waals surface area contributed by atoms with Gasteiger partial charge < -0.3 is 16.1 Å². The number of anilines is 2. The van der Waals surface area contributed by atoms with Crippen LogP contribution in [0.4, 0.5) is 29.3 Å². The summed E-state index contributed by atoms with van der Waals surface area (Å²) in [6.45, 7) is 0. The van der Waals surface area contributed by atoms with Crippen LogP contribution in [0.5, 0.6) is 0 Å². The number of halogens is 4. The number of alkyl halides is 3. The van der Waals surface area contributed by atoms with E-state index >= 15 is 0 Å². The average molecular weight is 385 g/mol. The number of fused-ring (bicyclic) bond motifs is 1. The molecule has 1 unspecified atom stereocenters. The third-order valence-electron chi connectivity index (χ3n) is 4.25. The zero-order valence-electron chi connectivity index (χ0n) is 13.5. The fraction of sp³-hybridized carbons (Fsp3) is 0.235. The number of benzene rings is 2. The van der Waals surface area contributed by atoms with Crippen LogP contribution >= 0.6 is 11.6 Å². The Balaban J connectivity index is 1.80. The fourth-order valence-corrected chi connectivity index (χ4v) is 3.31. The zero-order chi connectivity index (χ0) is 18.9. The number of hydrogen-bond donors (Lipinski definition) is 4. The van der Waals surface area contributed by atoms with Gasteiger partial charge in [0.25, 0.3) is 0 Å². The highest BCUT2D eigenvalue weighted by Crippen LogP contribution is 2.38. The van der Waals surface area contributed by atoms with Crippen LogP contribution in [0, 0.1) is 0 Å². The summed E-state index contributed by atoms with van der Waals surface area (Å²) in [5, 5.41) is 4.92. The largest absolute Gasteiger partial charge is 0.416 e. The van der Waals surface area contributed by atoms with Gasteiger partial charge in [-0.1, -0.05) is 35.9 Å². The molecule has 1 aliphatic carbocycles. The first kappa shape index (κ1) is 18.3. The van der Waals surface area contributed by atoms with Gasteiger partial charge in [-0.2, -0.15) is 13.2 Å². The Morgan fingerprint density at radius 2 is 1.96 bits per heavy atom. The van der Waals surface area contributed by atoms with Gasteiger partial charge in [0, 0.05) is 0 Å². The van der Waals surface area contributed by atoms with Gasteiger partial charge in [-0.05, 0) is 36.1 Å². The number of aryl methyl sites for hydroxylation is 1. The Morgan fingerprint density at radius 1 is 1.23 bits per heavy atom. The summed E-state index contributed by atoms with van der Waals surface area (Å²) in [5.74, 6) is 5.33. The highest BCUT2D eigenvalue weighted by atomic mass is 35.5. The number of carbonyl (C=O) groups is 1. The fourth-order valence-electron chi connectivity index (χ4n) is 3.04. The van der Waals surface area contributed by atoms with E-state index in [9.17, 15) is 18.0 Å². The quantitative estimate of drug-likeness (QED) is 0.466. The van der Waals surface area contributed by atoms with Gasteiger partial charge in [-0.15, -0.1) is 0 Å². The molecule has 1 aliphatic rings. The van der Waals surface area contributed by atoms with Crippen LogP contribution < -0.4 is 21.9 Å². The molecule has 0 saturated carbocycles. The molecule has 138 valence electrons. The predicted octanol–water partition coefficient (Wildman–Crippen LogP) is 4.45. The second kappa shape index (κ2) is 7.05. The Bertz CT molecular complexity index is 841. The van der Waals surface area contributed by atoms with E-state index in [0.717, 1.165) is 36.1 Å². The maximum absolute atomic E-state index is 13.0. The molecule has 0 spiro atoms. The van der Waals surface area contributed by atoms with E-state index in [1.807, 2.05) is 24.3 Å². The van der Waals surface area contributed by atoms with Gasteiger partial charge in [-0.25, -0.2) is 4.79 Å². The minimum absolute atomic E-state index is 0.00152. The average Bonchev–Trinajstić information content (AvgIpc) is 2.97. The van der Waals surface area contributed by atoms with Crippen molar-refractivity contribution in [3.63, 3.8) is 0 Å². The van der Waals surface area contributed by atoms with Crippen LogP contribution in [-0.2, 0) is 12.6 Å². The molecular weight excluding hydrogens is 369 g/mol. The molecule has 2 amide bonds. The molecule has 0 saturated heterocycles. The molecule has 0 radical (unpaired) electrons. The molecule has 0 fully saturated rings.